The second-order valence-electron chi connectivity index (χ2n) is 4.93. The molecule has 2 aromatic rings. The third-order valence-corrected chi connectivity index (χ3v) is 3.97. The Kier molecular flexibility index (Phi) is 2.89. The maximum absolute atomic E-state index is 11.6. The van der Waals surface area contributed by atoms with Crippen LogP contribution in [0.4, 0.5) is 0 Å². The smallest absolute Gasteiger partial charge is 0.275 e. The number of nitrogens with zero attached hydrogens (tertiary/aromatic N) is 2. The van der Waals surface area contributed by atoms with E-state index < -0.39 is 6.10 Å². The lowest BCUT2D eigenvalue weighted by Gasteiger charge is -2.24. The fourth-order valence-corrected chi connectivity index (χ4v) is 2.88. The highest BCUT2D eigenvalue weighted by Gasteiger charge is 2.39. The molecule has 19 heavy (non-hydrogen) atoms. The van der Waals surface area contributed by atoms with Crippen LogP contribution in [0.1, 0.15) is 18.0 Å². The SMILES string of the molecule is CN1[C@@H](c2c[nH]c3c(=O)[nH]cnc23)C[C@H](O)[C@H]1CO. The Morgan fingerprint density at radius 3 is 3.00 bits per heavy atom. The molecule has 1 saturated heterocycles. The molecular weight excluding hydrogens is 248 g/mol. The van der Waals surface area contributed by atoms with E-state index in [2.05, 4.69) is 15.0 Å². The highest BCUT2D eigenvalue weighted by atomic mass is 16.3. The molecule has 2 aromatic heterocycles. The van der Waals surface area contributed by atoms with E-state index in [4.69, 9.17) is 0 Å². The summed E-state index contributed by atoms with van der Waals surface area (Å²) in [6.07, 6.45) is 3.06. The quantitative estimate of drug-likeness (QED) is 0.577. The lowest BCUT2D eigenvalue weighted by molar-refractivity contribution is 0.0776. The van der Waals surface area contributed by atoms with E-state index in [1.165, 1.54) is 6.33 Å². The fourth-order valence-electron chi connectivity index (χ4n) is 2.88. The van der Waals surface area contributed by atoms with E-state index in [-0.39, 0.29) is 24.2 Å². The van der Waals surface area contributed by atoms with E-state index in [0.717, 1.165) is 5.56 Å². The first-order valence-corrected chi connectivity index (χ1v) is 6.19. The third kappa shape index (κ3) is 1.78. The summed E-state index contributed by atoms with van der Waals surface area (Å²) in [7, 11) is 1.85. The second kappa shape index (κ2) is 4.44. The minimum Gasteiger partial charge on any atom is -0.395 e. The molecule has 0 saturated carbocycles. The minimum atomic E-state index is -0.577. The standard InChI is InChI=1S/C12H16N4O3/c1-16-7(2-9(18)8(16)4-17)6-3-13-11-10(6)14-5-15-12(11)19/h3,5,7-9,13,17-18H,2,4H2,1H3,(H,14,15,19)/t7-,8-,9+/m1/s1. The Bertz CT molecular complexity index is 650. The minimum absolute atomic E-state index is 0.0600. The van der Waals surface area contributed by atoms with Gasteiger partial charge in [0.25, 0.3) is 5.56 Å². The molecule has 0 bridgehead atoms. The van der Waals surface area contributed by atoms with Gasteiger partial charge in [-0.25, -0.2) is 4.98 Å². The number of likely N-dealkylation sites (N-methyl/N-ethyl adjacent to an activating group) is 1. The van der Waals surface area contributed by atoms with Crippen molar-refractivity contribution in [2.45, 2.75) is 24.6 Å². The predicted molar refractivity (Wildman–Crippen MR) is 68.7 cm³/mol. The zero-order valence-corrected chi connectivity index (χ0v) is 10.5. The lowest BCUT2D eigenvalue weighted by atomic mass is 10.1. The summed E-state index contributed by atoms with van der Waals surface area (Å²) in [5.74, 6) is 0. The average Bonchev–Trinajstić information content (AvgIpc) is 2.92. The van der Waals surface area contributed by atoms with Crippen LogP contribution in [-0.2, 0) is 0 Å². The summed E-state index contributed by atoms with van der Waals surface area (Å²) in [6.45, 7) is -0.0927. The van der Waals surface area contributed by atoms with Crippen LogP contribution in [0.15, 0.2) is 17.3 Å². The summed E-state index contributed by atoms with van der Waals surface area (Å²) in [5, 5.41) is 19.3. The fraction of sp³-hybridized carbons (Fsp3) is 0.500. The summed E-state index contributed by atoms with van der Waals surface area (Å²) in [4.78, 5) is 23.2. The molecule has 3 heterocycles. The Balaban J connectivity index is 2.06. The number of hydrogen-bond donors (Lipinski definition) is 4. The Morgan fingerprint density at radius 2 is 2.32 bits per heavy atom. The molecule has 1 fully saturated rings. The monoisotopic (exact) mass is 264 g/mol. The molecule has 0 amide bonds. The maximum Gasteiger partial charge on any atom is 0.275 e. The third-order valence-electron chi connectivity index (χ3n) is 3.97. The number of aliphatic hydroxyl groups is 2. The average molecular weight is 264 g/mol. The lowest BCUT2D eigenvalue weighted by Crippen LogP contribution is -2.36. The Morgan fingerprint density at radius 1 is 1.53 bits per heavy atom. The summed E-state index contributed by atoms with van der Waals surface area (Å²) < 4.78 is 0. The van der Waals surface area contributed by atoms with Crippen molar-refractivity contribution in [3.8, 4) is 0 Å². The van der Waals surface area contributed by atoms with Crippen molar-refractivity contribution in [2.75, 3.05) is 13.7 Å². The van der Waals surface area contributed by atoms with Gasteiger partial charge in [-0.15, -0.1) is 0 Å². The number of hydrogen-bond acceptors (Lipinski definition) is 5. The number of rotatable bonds is 2. The van der Waals surface area contributed by atoms with Crippen LogP contribution in [-0.4, -0.2) is 55.9 Å². The van der Waals surface area contributed by atoms with E-state index in [0.29, 0.717) is 17.5 Å². The number of fused-ring (bicyclic) bond motifs is 1. The van der Waals surface area contributed by atoms with Gasteiger partial charge in [0.15, 0.2) is 0 Å². The molecule has 0 aliphatic carbocycles. The molecule has 7 nitrogen and oxygen atoms in total. The number of aromatic nitrogens is 3. The van der Waals surface area contributed by atoms with Crippen molar-refractivity contribution in [3.63, 3.8) is 0 Å². The van der Waals surface area contributed by atoms with Crippen molar-refractivity contribution in [3.05, 3.63) is 28.4 Å². The maximum atomic E-state index is 11.6. The van der Waals surface area contributed by atoms with E-state index in [1.54, 1.807) is 6.20 Å². The number of aromatic amines is 2. The van der Waals surface area contributed by atoms with Crippen molar-refractivity contribution < 1.29 is 10.2 Å². The van der Waals surface area contributed by atoms with Crippen LogP contribution in [0.25, 0.3) is 11.0 Å². The molecule has 0 aromatic carbocycles. The molecule has 102 valence electrons. The van der Waals surface area contributed by atoms with Crippen LogP contribution < -0.4 is 5.56 Å². The Labute approximate surface area is 108 Å². The van der Waals surface area contributed by atoms with Crippen molar-refractivity contribution in [1.82, 2.24) is 19.9 Å². The largest absolute Gasteiger partial charge is 0.395 e. The number of aliphatic hydroxyl groups excluding tert-OH is 2. The van der Waals surface area contributed by atoms with Crippen molar-refractivity contribution >= 4 is 11.0 Å². The first-order valence-electron chi connectivity index (χ1n) is 6.19. The zero-order chi connectivity index (χ0) is 13.6. The topological polar surface area (TPSA) is 105 Å². The van der Waals surface area contributed by atoms with Crippen LogP contribution in [0.5, 0.6) is 0 Å². The first-order chi connectivity index (χ1) is 9.13. The van der Waals surface area contributed by atoms with Gasteiger partial charge in [0.05, 0.1) is 25.1 Å². The molecule has 1 aliphatic rings. The highest BCUT2D eigenvalue weighted by Crippen LogP contribution is 2.36. The molecule has 4 N–H and O–H groups in total. The molecule has 1 aliphatic heterocycles. The molecule has 3 atom stereocenters. The van der Waals surface area contributed by atoms with E-state index in [1.807, 2.05) is 11.9 Å². The number of likely N-dealkylation sites (tertiary alicyclic amines) is 1. The van der Waals surface area contributed by atoms with Gasteiger partial charge in [0.2, 0.25) is 0 Å². The predicted octanol–water partition coefficient (Wildman–Crippen LogP) is -0.650. The van der Waals surface area contributed by atoms with Crippen LogP contribution in [0.2, 0.25) is 0 Å². The first kappa shape index (κ1) is 12.3. The van der Waals surface area contributed by atoms with Gasteiger partial charge in [-0.2, -0.15) is 0 Å². The zero-order valence-electron chi connectivity index (χ0n) is 10.5. The van der Waals surface area contributed by atoms with Gasteiger partial charge >= 0.3 is 0 Å². The Hall–Kier alpha value is -1.70. The molecule has 0 radical (unpaired) electrons. The van der Waals surface area contributed by atoms with Gasteiger partial charge in [-0.3, -0.25) is 9.69 Å². The molecule has 0 unspecified atom stereocenters. The van der Waals surface area contributed by atoms with Crippen LogP contribution in [0.3, 0.4) is 0 Å². The van der Waals surface area contributed by atoms with Gasteiger partial charge in [-0.05, 0) is 13.5 Å². The van der Waals surface area contributed by atoms with E-state index in [9.17, 15) is 15.0 Å². The van der Waals surface area contributed by atoms with Crippen LogP contribution in [0, 0.1) is 0 Å². The second-order valence-corrected chi connectivity index (χ2v) is 4.93. The van der Waals surface area contributed by atoms with Gasteiger partial charge < -0.3 is 20.2 Å². The molecular formula is C12H16N4O3. The number of H-pyrrole nitrogens is 2. The van der Waals surface area contributed by atoms with Gasteiger partial charge in [0, 0.05) is 17.8 Å². The van der Waals surface area contributed by atoms with Crippen molar-refractivity contribution in [1.29, 1.82) is 0 Å². The molecule has 7 heteroatoms. The summed E-state index contributed by atoms with van der Waals surface area (Å²) >= 11 is 0. The molecule has 3 rings (SSSR count). The summed E-state index contributed by atoms with van der Waals surface area (Å²) in [5.41, 5.74) is 1.72. The summed E-state index contributed by atoms with van der Waals surface area (Å²) in [6, 6.07) is -0.341. The highest BCUT2D eigenvalue weighted by molar-refractivity contribution is 5.78. The van der Waals surface area contributed by atoms with Gasteiger partial charge in [0.1, 0.15) is 11.0 Å². The van der Waals surface area contributed by atoms with E-state index >= 15 is 0 Å². The van der Waals surface area contributed by atoms with Crippen molar-refractivity contribution in [2.24, 2.45) is 0 Å². The molecule has 0 spiro atoms. The van der Waals surface area contributed by atoms with Crippen LogP contribution >= 0.6 is 0 Å². The normalized spacial score (nSPS) is 28.3. The number of nitrogens with one attached hydrogen (secondary N) is 2. The van der Waals surface area contributed by atoms with Gasteiger partial charge in [-0.1, -0.05) is 0 Å².